The van der Waals surface area contributed by atoms with E-state index in [1.807, 2.05) is 0 Å². The quantitative estimate of drug-likeness (QED) is 0.654. The van der Waals surface area contributed by atoms with E-state index in [-0.39, 0.29) is 10.2 Å². The Hall–Kier alpha value is -0.325. The van der Waals surface area contributed by atoms with Crippen molar-refractivity contribution in [3.63, 3.8) is 0 Å². The highest BCUT2D eigenvalue weighted by Gasteiger charge is 2.40. The molecule has 0 radical (unpaired) electrons. The Kier molecular flexibility index (Phi) is 4.68. The van der Waals surface area contributed by atoms with Crippen LogP contribution >= 0.6 is 23.2 Å². The van der Waals surface area contributed by atoms with Gasteiger partial charge in [0.25, 0.3) is 0 Å². The summed E-state index contributed by atoms with van der Waals surface area (Å²) in [7, 11) is -1.29. The molecule has 4 nitrogen and oxygen atoms in total. The van der Waals surface area contributed by atoms with E-state index < -0.39 is 18.3 Å². The van der Waals surface area contributed by atoms with E-state index >= 15 is 0 Å². The Morgan fingerprint density at radius 3 is 2.33 bits per heavy atom. The fourth-order valence-electron chi connectivity index (χ4n) is 1.11. The lowest BCUT2D eigenvalue weighted by Gasteiger charge is -2.38. The zero-order valence-electron chi connectivity index (χ0n) is 10.7. The normalized spacial score (nSPS) is 12.7. The lowest BCUT2D eigenvalue weighted by atomic mass is 9.77. The second-order valence-electron chi connectivity index (χ2n) is 5.04. The Bertz CT molecular complexity index is 435. The Labute approximate surface area is 117 Å². The molecule has 0 aliphatic heterocycles. The number of halogens is 2. The van der Waals surface area contributed by atoms with Crippen molar-refractivity contribution in [2.24, 2.45) is 0 Å². The zero-order chi connectivity index (χ0) is 14.1. The van der Waals surface area contributed by atoms with Crippen molar-refractivity contribution in [2.45, 2.75) is 38.9 Å². The highest BCUT2D eigenvalue weighted by atomic mass is 35.5. The van der Waals surface area contributed by atoms with Crippen molar-refractivity contribution in [2.75, 3.05) is 0 Å². The summed E-state index contributed by atoms with van der Waals surface area (Å²) in [6.45, 7) is 6.54. The molecule has 100 valence electrons. The van der Waals surface area contributed by atoms with Crippen molar-refractivity contribution in [1.82, 2.24) is 4.98 Å². The molecule has 1 heterocycles. The maximum Gasteiger partial charge on any atom is 0.493 e. The molecule has 0 saturated heterocycles. The molecular formula is C11H16BCl2NO3. The van der Waals surface area contributed by atoms with Crippen molar-refractivity contribution < 1.29 is 14.8 Å². The Morgan fingerprint density at radius 1 is 1.28 bits per heavy atom. The van der Waals surface area contributed by atoms with Gasteiger partial charge in [-0.2, -0.15) is 0 Å². The van der Waals surface area contributed by atoms with Crippen LogP contribution in [0.2, 0.25) is 10.2 Å². The fourth-order valence-corrected chi connectivity index (χ4v) is 1.48. The summed E-state index contributed by atoms with van der Waals surface area (Å²) < 4.78 is 5.46. The Balaban J connectivity index is 2.96. The van der Waals surface area contributed by atoms with Crippen LogP contribution < -0.4 is 5.46 Å². The van der Waals surface area contributed by atoms with Crippen molar-refractivity contribution in [3.05, 3.63) is 22.4 Å². The van der Waals surface area contributed by atoms with Crippen molar-refractivity contribution in [1.29, 1.82) is 0 Å². The summed E-state index contributed by atoms with van der Waals surface area (Å²) in [6, 6.07) is 1.51. The highest BCUT2D eigenvalue weighted by molar-refractivity contribution is 6.65. The molecule has 0 bridgehead atoms. The number of nitrogens with zero attached hydrogens (tertiary/aromatic N) is 1. The van der Waals surface area contributed by atoms with Crippen LogP contribution in [0.15, 0.2) is 12.3 Å². The predicted molar refractivity (Wildman–Crippen MR) is 73.3 cm³/mol. The minimum absolute atomic E-state index is 0.0953. The molecule has 2 N–H and O–H groups in total. The summed E-state index contributed by atoms with van der Waals surface area (Å²) in [6.07, 6.45) is 1.42. The maximum atomic E-state index is 10.0. The van der Waals surface area contributed by atoms with Gasteiger partial charge in [-0.15, -0.1) is 0 Å². The van der Waals surface area contributed by atoms with Gasteiger partial charge in [0.15, 0.2) is 0 Å². The lowest BCUT2D eigenvalue weighted by Crippen LogP contribution is -2.53. The first-order valence-electron chi connectivity index (χ1n) is 5.44. The predicted octanol–water partition coefficient (Wildman–Crippen LogP) is 1.64. The fraction of sp³-hybridized carbons (Fsp3) is 0.545. The standard InChI is InChI=1S/C11H16BCl2NO3/c1-10(2,16)11(3,4)18-12(17)7-5-6-15-9(14)8(7)13/h5-6,16-17H,1-4H3. The summed E-state index contributed by atoms with van der Waals surface area (Å²) in [4.78, 5) is 3.78. The molecule has 0 atom stereocenters. The molecule has 0 saturated carbocycles. The van der Waals surface area contributed by atoms with Crippen LogP contribution in [0.3, 0.4) is 0 Å². The molecule has 7 heteroatoms. The topological polar surface area (TPSA) is 62.6 Å². The first kappa shape index (κ1) is 15.7. The number of aliphatic hydroxyl groups is 1. The largest absolute Gasteiger partial charge is 0.493 e. The minimum Gasteiger partial charge on any atom is -0.423 e. The van der Waals surface area contributed by atoms with Gasteiger partial charge in [0.2, 0.25) is 0 Å². The molecule has 18 heavy (non-hydrogen) atoms. The summed E-state index contributed by atoms with van der Waals surface area (Å²) >= 11 is 11.7. The number of rotatable bonds is 4. The van der Waals surface area contributed by atoms with Gasteiger partial charge in [0.05, 0.1) is 16.2 Å². The first-order chi connectivity index (χ1) is 8.06. The van der Waals surface area contributed by atoms with Gasteiger partial charge in [-0.3, -0.25) is 0 Å². The van der Waals surface area contributed by atoms with E-state index in [1.165, 1.54) is 12.3 Å². The summed E-state index contributed by atoms with van der Waals surface area (Å²) in [5, 5.41) is 20.2. The molecule has 0 spiro atoms. The van der Waals surface area contributed by atoms with E-state index in [4.69, 9.17) is 27.9 Å². The van der Waals surface area contributed by atoms with E-state index in [9.17, 15) is 10.1 Å². The van der Waals surface area contributed by atoms with E-state index in [0.29, 0.717) is 5.46 Å². The smallest absolute Gasteiger partial charge is 0.423 e. The Morgan fingerprint density at radius 2 is 1.83 bits per heavy atom. The average Bonchev–Trinajstić information content (AvgIpc) is 2.19. The third-order valence-electron chi connectivity index (χ3n) is 3.02. The van der Waals surface area contributed by atoms with Crippen LogP contribution in [-0.4, -0.2) is 33.4 Å². The van der Waals surface area contributed by atoms with Crippen LogP contribution in [0, 0.1) is 0 Å². The second kappa shape index (κ2) is 5.35. The zero-order valence-corrected chi connectivity index (χ0v) is 12.2. The maximum absolute atomic E-state index is 10.0. The molecule has 0 unspecified atom stereocenters. The first-order valence-corrected chi connectivity index (χ1v) is 6.20. The molecule has 0 fully saturated rings. The van der Waals surface area contributed by atoms with Crippen LogP contribution in [-0.2, 0) is 4.65 Å². The van der Waals surface area contributed by atoms with E-state index in [0.717, 1.165) is 0 Å². The molecule has 1 aromatic rings. The second-order valence-corrected chi connectivity index (χ2v) is 5.78. The van der Waals surface area contributed by atoms with E-state index in [1.54, 1.807) is 27.7 Å². The van der Waals surface area contributed by atoms with Gasteiger partial charge in [0.1, 0.15) is 5.15 Å². The van der Waals surface area contributed by atoms with Gasteiger partial charge < -0.3 is 14.8 Å². The average molecular weight is 292 g/mol. The summed E-state index contributed by atoms with van der Waals surface area (Å²) in [5.41, 5.74) is -1.78. The van der Waals surface area contributed by atoms with Gasteiger partial charge in [0, 0.05) is 11.7 Å². The highest BCUT2D eigenvalue weighted by Crippen LogP contribution is 2.26. The molecule has 1 rings (SSSR count). The number of hydrogen-bond donors (Lipinski definition) is 2. The molecule has 0 amide bonds. The van der Waals surface area contributed by atoms with Gasteiger partial charge >= 0.3 is 7.12 Å². The molecule has 0 aliphatic rings. The minimum atomic E-state index is -1.29. The summed E-state index contributed by atoms with van der Waals surface area (Å²) in [5.74, 6) is 0. The lowest BCUT2D eigenvalue weighted by molar-refractivity contribution is -0.0982. The van der Waals surface area contributed by atoms with Gasteiger partial charge in [-0.25, -0.2) is 4.98 Å². The SMILES string of the molecule is CC(C)(O)C(C)(C)OB(O)c1ccnc(Cl)c1Cl. The van der Waals surface area contributed by atoms with E-state index in [2.05, 4.69) is 4.98 Å². The van der Waals surface area contributed by atoms with Crippen LogP contribution in [0.4, 0.5) is 0 Å². The third kappa shape index (κ3) is 3.36. The third-order valence-corrected chi connectivity index (χ3v) is 3.80. The van der Waals surface area contributed by atoms with Crippen molar-refractivity contribution in [3.8, 4) is 0 Å². The number of pyridine rings is 1. The van der Waals surface area contributed by atoms with Crippen LogP contribution in [0.1, 0.15) is 27.7 Å². The van der Waals surface area contributed by atoms with Crippen LogP contribution in [0.5, 0.6) is 0 Å². The molecule has 1 aromatic heterocycles. The van der Waals surface area contributed by atoms with Crippen LogP contribution in [0.25, 0.3) is 0 Å². The monoisotopic (exact) mass is 291 g/mol. The number of hydrogen-bond acceptors (Lipinski definition) is 4. The van der Waals surface area contributed by atoms with Gasteiger partial charge in [-0.1, -0.05) is 23.2 Å². The molecule has 0 aromatic carbocycles. The van der Waals surface area contributed by atoms with Crippen molar-refractivity contribution >= 4 is 35.8 Å². The molecular weight excluding hydrogens is 276 g/mol. The number of aromatic nitrogens is 1. The molecule has 0 aliphatic carbocycles. The van der Waals surface area contributed by atoms with Gasteiger partial charge in [-0.05, 0) is 33.8 Å².